The number of hydrogen-bond acceptors (Lipinski definition) is 6. The van der Waals surface area contributed by atoms with Crippen LogP contribution in [0.15, 0.2) is 55.2 Å². The first-order valence-electron chi connectivity index (χ1n) is 8.24. The first-order valence-corrected chi connectivity index (χ1v) is 8.24. The molecule has 0 aliphatic rings. The lowest BCUT2D eigenvalue weighted by molar-refractivity contribution is 0.581. The van der Waals surface area contributed by atoms with Gasteiger partial charge in [0.05, 0.1) is 23.6 Å². The van der Waals surface area contributed by atoms with Gasteiger partial charge in [-0.25, -0.2) is 15.0 Å². The Hall–Kier alpha value is -3.88. The number of hydrogen-bond donors (Lipinski definition) is 2. The van der Waals surface area contributed by atoms with Crippen LogP contribution in [-0.2, 0) is 6.54 Å². The van der Waals surface area contributed by atoms with Gasteiger partial charge in [0.15, 0.2) is 5.65 Å². The fraction of sp³-hybridized carbons (Fsp3) is 0.0556. The Bertz CT molecular complexity index is 1260. The molecule has 0 amide bonds. The maximum absolute atomic E-state index is 13.2. The Balaban J connectivity index is 1.48. The molecule has 5 rings (SSSR count). The van der Waals surface area contributed by atoms with E-state index in [1.807, 2.05) is 22.8 Å². The molecule has 0 saturated carbocycles. The van der Waals surface area contributed by atoms with Crippen LogP contribution in [0.25, 0.3) is 27.8 Å². The van der Waals surface area contributed by atoms with Crippen LogP contribution < -0.4 is 5.32 Å². The highest BCUT2D eigenvalue weighted by atomic mass is 19.1. The summed E-state index contributed by atoms with van der Waals surface area (Å²) in [6.07, 6.45) is 6.57. The van der Waals surface area contributed by atoms with Gasteiger partial charge in [-0.3, -0.25) is 9.67 Å². The summed E-state index contributed by atoms with van der Waals surface area (Å²) in [6.45, 7) is 0.388. The van der Waals surface area contributed by atoms with Gasteiger partial charge in [0.25, 0.3) is 0 Å². The molecule has 0 fully saturated rings. The monoisotopic (exact) mass is 360 g/mol. The SMILES string of the molecule is Fc1cc(CNc2ncc3ncn(-c4ccc5cn[nH]c5c4)c3n2)ccn1. The number of nitrogens with zero attached hydrogens (tertiary/aromatic N) is 6. The molecule has 0 aliphatic heterocycles. The van der Waals surface area contributed by atoms with Gasteiger partial charge in [-0.1, -0.05) is 0 Å². The lowest BCUT2D eigenvalue weighted by atomic mass is 10.2. The van der Waals surface area contributed by atoms with Crippen LogP contribution in [0.4, 0.5) is 10.3 Å². The van der Waals surface area contributed by atoms with E-state index >= 15 is 0 Å². The number of aromatic amines is 1. The number of pyridine rings is 1. The van der Waals surface area contributed by atoms with Crippen LogP contribution in [0.2, 0.25) is 0 Å². The number of benzene rings is 1. The van der Waals surface area contributed by atoms with Gasteiger partial charge in [-0.05, 0) is 35.9 Å². The minimum Gasteiger partial charge on any atom is -0.350 e. The smallest absolute Gasteiger partial charge is 0.225 e. The van der Waals surface area contributed by atoms with Crippen LogP contribution >= 0.6 is 0 Å². The van der Waals surface area contributed by atoms with E-state index in [2.05, 4.69) is 35.5 Å². The fourth-order valence-corrected chi connectivity index (χ4v) is 2.89. The highest BCUT2D eigenvalue weighted by molar-refractivity contribution is 5.81. The van der Waals surface area contributed by atoms with Crippen LogP contribution in [0.5, 0.6) is 0 Å². The summed E-state index contributed by atoms with van der Waals surface area (Å²) in [4.78, 5) is 16.7. The van der Waals surface area contributed by atoms with Gasteiger partial charge in [-0.2, -0.15) is 14.5 Å². The fourth-order valence-electron chi connectivity index (χ4n) is 2.89. The van der Waals surface area contributed by atoms with Crippen molar-refractivity contribution in [2.24, 2.45) is 0 Å². The summed E-state index contributed by atoms with van der Waals surface area (Å²) >= 11 is 0. The van der Waals surface area contributed by atoms with Crippen molar-refractivity contribution in [1.29, 1.82) is 0 Å². The maximum Gasteiger partial charge on any atom is 0.225 e. The summed E-state index contributed by atoms with van der Waals surface area (Å²) in [7, 11) is 0. The quantitative estimate of drug-likeness (QED) is 0.478. The number of nitrogens with one attached hydrogen (secondary N) is 2. The largest absolute Gasteiger partial charge is 0.350 e. The molecule has 8 nitrogen and oxygen atoms in total. The van der Waals surface area contributed by atoms with E-state index in [4.69, 9.17) is 0 Å². The molecular weight excluding hydrogens is 347 g/mol. The van der Waals surface area contributed by atoms with E-state index in [9.17, 15) is 4.39 Å². The Morgan fingerprint density at radius 2 is 2.04 bits per heavy atom. The van der Waals surface area contributed by atoms with Crippen molar-refractivity contribution in [3.05, 3.63) is 66.8 Å². The van der Waals surface area contributed by atoms with Gasteiger partial charge in [0, 0.05) is 18.1 Å². The molecule has 4 heterocycles. The second-order valence-corrected chi connectivity index (χ2v) is 6.00. The number of anilines is 1. The molecule has 4 aromatic heterocycles. The van der Waals surface area contributed by atoms with Gasteiger partial charge in [-0.15, -0.1) is 0 Å². The number of fused-ring (bicyclic) bond motifs is 2. The molecule has 5 aromatic rings. The highest BCUT2D eigenvalue weighted by Crippen LogP contribution is 2.20. The minimum absolute atomic E-state index is 0.388. The Morgan fingerprint density at radius 1 is 1.07 bits per heavy atom. The van der Waals surface area contributed by atoms with E-state index in [1.165, 1.54) is 12.3 Å². The highest BCUT2D eigenvalue weighted by Gasteiger charge is 2.09. The minimum atomic E-state index is -0.516. The standard InChI is InChI=1S/C18H13FN8/c19-16-5-11(3-4-20-16)7-21-18-22-9-15-17(25-18)27(10-23-15)13-2-1-12-8-24-26-14(12)6-13/h1-6,8-10H,7H2,(H,24,26)(H,21,22,25). The van der Waals surface area contributed by atoms with Crippen molar-refractivity contribution >= 4 is 28.0 Å². The molecule has 0 spiro atoms. The number of rotatable bonds is 4. The zero-order valence-electron chi connectivity index (χ0n) is 14.0. The topological polar surface area (TPSA) is 97.2 Å². The number of imidazole rings is 1. The summed E-state index contributed by atoms with van der Waals surface area (Å²) < 4.78 is 15.1. The number of aromatic nitrogens is 7. The third-order valence-corrected chi connectivity index (χ3v) is 4.24. The van der Waals surface area contributed by atoms with E-state index in [-0.39, 0.29) is 0 Å². The summed E-state index contributed by atoms with van der Waals surface area (Å²) in [5.41, 5.74) is 3.95. The molecule has 0 aliphatic carbocycles. The lowest BCUT2D eigenvalue weighted by Gasteiger charge is -2.07. The van der Waals surface area contributed by atoms with Crippen LogP contribution in [0, 0.1) is 5.95 Å². The summed E-state index contributed by atoms with van der Waals surface area (Å²) in [6, 6.07) is 9.05. The first-order chi connectivity index (χ1) is 13.3. The van der Waals surface area contributed by atoms with Gasteiger partial charge in [0.1, 0.15) is 11.8 Å². The van der Waals surface area contributed by atoms with E-state index in [0.29, 0.717) is 23.7 Å². The van der Waals surface area contributed by atoms with Gasteiger partial charge < -0.3 is 5.32 Å². The van der Waals surface area contributed by atoms with Crippen molar-refractivity contribution in [2.45, 2.75) is 6.54 Å². The van der Waals surface area contributed by atoms with Crippen LogP contribution in [0.1, 0.15) is 5.56 Å². The lowest BCUT2D eigenvalue weighted by Crippen LogP contribution is -2.05. The Kier molecular flexibility index (Phi) is 3.49. The van der Waals surface area contributed by atoms with E-state index in [1.54, 1.807) is 24.8 Å². The average molecular weight is 360 g/mol. The molecule has 1 aromatic carbocycles. The maximum atomic E-state index is 13.2. The molecule has 0 saturated heterocycles. The second kappa shape index (κ2) is 6.13. The number of halogens is 1. The zero-order valence-corrected chi connectivity index (χ0v) is 14.0. The van der Waals surface area contributed by atoms with Crippen molar-refractivity contribution in [3.8, 4) is 5.69 Å². The van der Waals surface area contributed by atoms with Crippen LogP contribution in [0.3, 0.4) is 0 Å². The molecule has 9 heteroatoms. The molecule has 0 radical (unpaired) electrons. The van der Waals surface area contributed by atoms with Crippen molar-refractivity contribution in [2.75, 3.05) is 5.32 Å². The van der Waals surface area contributed by atoms with Crippen molar-refractivity contribution < 1.29 is 4.39 Å². The molecule has 2 N–H and O–H groups in total. The molecular formula is C18H13FN8. The van der Waals surface area contributed by atoms with Gasteiger partial charge in [0.2, 0.25) is 11.9 Å². The Morgan fingerprint density at radius 3 is 2.96 bits per heavy atom. The molecule has 0 unspecified atom stereocenters. The van der Waals surface area contributed by atoms with Crippen molar-refractivity contribution in [1.82, 2.24) is 34.7 Å². The number of H-pyrrole nitrogens is 1. The van der Waals surface area contributed by atoms with Crippen molar-refractivity contribution in [3.63, 3.8) is 0 Å². The first kappa shape index (κ1) is 15.4. The van der Waals surface area contributed by atoms with Crippen LogP contribution in [-0.4, -0.2) is 34.7 Å². The normalized spacial score (nSPS) is 11.3. The molecule has 132 valence electrons. The van der Waals surface area contributed by atoms with E-state index in [0.717, 1.165) is 22.2 Å². The summed E-state index contributed by atoms with van der Waals surface area (Å²) in [5.74, 6) is -0.0814. The predicted molar refractivity (Wildman–Crippen MR) is 97.8 cm³/mol. The molecule has 27 heavy (non-hydrogen) atoms. The second-order valence-electron chi connectivity index (χ2n) is 6.00. The third kappa shape index (κ3) is 2.84. The summed E-state index contributed by atoms with van der Waals surface area (Å²) in [5, 5.41) is 11.1. The van der Waals surface area contributed by atoms with Gasteiger partial charge >= 0.3 is 0 Å². The molecule has 0 bridgehead atoms. The molecule has 0 atom stereocenters. The van der Waals surface area contributed by atoms with E-state index < -0.39 is 5.95 Å². The Labute approximate surface area is 152 Å². The third-order valence-electron chi connectivity index (χ3n) is 4.24. The predicted octanol–water partition coefficient (Wildman–Crippen LogP) is 2.84. The zero-order chi connectivity index (χ0) is 18.2. The average Bonchev–Trinajstić information content (AvgIpc) is 3.32.